The molecule has 6 nitrogen and oxygen atoms in total. The average molecular weight is 379 g/mol. The van der Waals surface area contributed by atoms with E-state index in [1.54, 1.807) is 36.4 Å². The van der Waals surface area contributed by atoms with Gasteiger partial charge in [0.2, 0.25) is 0 Å². The van der Waals surface area contributed by atoms with Gasteiger partial charge < -0.3 is 5.11 Å². The molecule has 0 aliphatic carbocycles. The molecule has 128 valence electrons. The summed E-state index contributed by atoms with van der Waals surface area (Å²) in [6.07, 6.45) is 0. The number of aliphatic carboxylic acids is 1. The second kappa shape index (κ2) is 6.74. The average Bonchev–Trinajstić information content (AvgIpc) is 2.57. The van der Waals surface area contributed by atoms with Gasteiger partial charge >= 0.3 is 11.7 Å². The monoisotopic (exact) mass is 378 g/mol. The van der Waals surface area contributed by atoms with E-state index in [2.05, 4.69) is 0 Å². The fourth-order valence-electron chi connectivity index (χ4n) is 2.62. The van der Waals surface area contributed by atoms with Gasteiger partial charge in [-0.05, 0) is 29.8 Å². The Morgan fingerprint density at radius 2 is 1.76 bits per heavy atom. The number of carboxylic acid groups (broad SMARTS) is 1. The Balaban J connectivity index is 2.26. The smallest absolute Gasteiger partial charge is 0.332 e. The first-order chi connectivity index (χ1) is 11.9. The van der Waals surface area contributed by atoms with Crippen LogP contribution in [0.5, 0.6) is 0 Å². The number of halogens is 2. The zero-order valence-electron chi connectivity index (χ0n) is 12.8. The number of nitrogens with zero attached hydrogens (tertiary/aromatic N) is 2. The Hall–Kier alpha value is -2.57. The molecule has 0 amide bonds. The third-order valence-corrected chi connectivity index (χ3v) is 4.36. The Labute approximate surface area is 151 Å². The van der Waals surface area contributed by atoms with Gasteiger partial charge in [0.25, 0.3) is 5.56 Å². The van der Waals surface area contributed by atoms with Gasteiger partial charge in [0.1, 0.15) is 6.54 Å². The van der Waals surface area contributed by atoms with Crippen LogP contribution in [0.1, 0.15) is 5.56 Å². The lowest BCUT2D eigenvalue weighted by Crippen LogP contribution is -2.41. The first-order valence-corrected chi connectivity index (χ1v) is 8.02. The maximum atomic E-state index is 12.7. The zero-order valence-corrected chi connectivity index (χ0v) is 14.3. The number of benzene rings is 2. The van der Waals surface area contributed by atoms with Crippen LogP contribution in [-0.4, -0.2) is 20.2 Å². The summed E-state index contributed by atoms with van der Waals surface area (Å²) >= 11 is 12.0. The third kappa shape index (κ3) is 3.31. The molecule has 0 unspecified atom stereocenters. The predicted octanol–water partition coefficient (Wildman–Crippen LogP) is 2.60. The van der Waals surface area contributed by atoms with E-state index < -0.39 is 23.8 Å². The van der Waals surface area contributed by atoms with Crippen molar-refractivity contribution >= 4 is 40.1 Å². The summed E-state index contributed by atoms with van der Waals surface area (Å²) in [6, 6.07) is 11.1. The van der Waals surface area contributed by atoms with Crippen LogP contribution in [0.25, 0.3) is 10.9 Å². The van der Waals surface area contributed by atoms with E-state index in [1.807, 2.05) is 0 Å². The molecular weight excluding hydrogens is 367 g/mol. The van der Waals surface area contributed by atoms with Crippen LogP contribution in [0, 0.1) is 0 Å². The minimum Gasteiger partial charge on any atom is -0.480 e. The van der Waals surface area contributed by atoms with Crippen LogP contribution >= 0.6 is 23.2 Å². The highest BCUT2D eigenvalue weighted by Gasteiger charge is 2.15. The van der Waals surface area contributed by atoms with Crippen molar-refractivity contribution in [2.24, 2.45) is 0 Å². The molecule has 1 heterocycles. The maximum absolute atomic E-state index is 12.7. The lowest BCUT2D eigenvalue weighted by atomic mass is 10.2. The van der Waals surface area contributed by atoms with Gasteiger partial charge in [-0.3, -0.25) is 18.7 Å². The van der Waals surface area contributed by atoms with Crippen molar-refractivity contribution in [3.63, 3.8) is 0 Å². The van der Waals surface area contributed by atoms with Crippen LogP contribution in [0.2, 0.25) is 10.0 Å². The van der Waals surface area contributed by atoms with Crippen molar-refractivity contribution in [3.05, 3.63) is 78.9 Å². The lowest BCUT2D eigenvalue weighted by Gasteiger charge is -2.13. The molecule has 0 radical (unpaired) electrons. The van der Waals surface area contributed by atoms with E-state index in [4.69, 9.17) is 28.3 Å². The number of fused-ring (bicyclic) bond motifs is 1. The summed E-state index contributed by atoms with van der Waals surface area (Å²) in [6.45, 7) is -0.633. The number of carbonyl (C=O) groups is 1. The minimum absolute atomic E-state index is 0.0852. The third-order valence-electron chi connectivity index (χ3n) is 3.77. The SMILES string of the molecule is O=C(O)Cn1c(=O)n(Cc2ccc(Cl)cc2Cl)c(=O)c2ccccc21. The van der Waals surface area contributed by atoms with Crippen LogP contribution < -0.4 is 11.2 Å². The van der Waals surface area contributed by atoms with Crippen molar-refractivity contribution in [2.45, 2.75) is 13.1 Å². The molecule has 25 heavy (non-hydrogen) atoms. The van der Waals surface area contributed by atoms with Crippen LogP contribution in [0.4, 0.5) is 0 Å². The highest BCUT2D eigenvalue weighted by Crippen LogP contribution is 2.21. The molecular formula is C17H12Cl2N2O4. The predicted molar refractivity (Wildman–Crippen MR) is 95.7 cm³/mol. The van der Waals surface area contributed by atoms with Gasteiger partial charge in [0.05, 0.1) is 17.4 Å². The molecule has 0 fully saturated rings. The van der Waals surface area contributed by atoms with Gasteiger partial charge in [0, 0.05) is 10.0 Å². The van der Waals surface area contributed by atoms with Gasteiger partial charge in [-0.1, -0.05) is 41.4 Å². The van der Waals surface area contributed by atoms with Crippen molar-refractivity contribution in [1.82, 2.24) is 9.13 Å². The number of hydrogen-bond acceptors (Lipinski definition) is 3. The van der Waals surface area contributed by atoms with Crippen molar-refractivity contribution in [3.8, 4) is 0 Å². The molecule has 0 aliphatic heterocycles. The molecule has 3 rings (SSSR count). The Bertz CT molecular complexity index is 1100. The molecule has 0 spiro atoms. The summed E-state index contributed by atoms with van der Waals surface area (Å²) in [5.41, 5.74) is -0.411. The maximum Gasteiger partial charge on any atom is 0.332 e. The molecule has 1 N–H and O–H groups in total. The van der Waals surface area contributed by atoms with Crippen LogP contribution in [0.15, 0.2) is 52.1 Å². The molecule has 0 saturated heterocycles. The van der Waals surface area contributed by atoms with E-state index >= 15 is 0 Å². The van der Waals surface area contributed by atoms with E-state index in [0.717, 1.165) is 9.13 Å². The molecule has 0 atom stereocenters. The quantitative estimate of drug-likeness (QED) is 0.756. The Morgan fingerprint density at radius 1 is 1.04 bits per heavy atom. The van der Waals surface area contributed by atoms with Crippen molar-refractivity contribution in [1.29, 1.82) is 0 Å². The minimum atomic E-state index is -1.18. The van der Waals surface area contributed by atoms with E-state index in [0.29, 0.717) is 15.6 Å². The van der Waals surface area contributed by atoms with Gasteiger partial charge in [0.15, 0.2) is 0 Å². The normalized spacial score (nSPS) is 11.0. The van der Waals surface area contributed by atoms with Crippen molar-refractivity contribution in [2.75, 3.05) is 0 Å². The van der Waals surface area contributed by atoms with E-state index in [9.17, 15) is 14.4 Å². The van der Waals surface area contributed by atoms with Gasteiger partial charge in [-0.15, -0.1) is 0 Å². The molecule has 1 aromatic heterocycles. The summed E-state index contributed by atoms with van der Waals surface area (Å²) < 4.78 is 2.03. The molecule has 3 aromatic rings. The topological polar surface area (TPSA) is 81.3 Å². The largest absolute Gasteiger partial charge is 0.480 e. The van der Waals surface area contributed by atoms with E-state index in [-0.39, 0.29) is 17.4 Å². The fraction of sp³-hybridized carbons (Fsp3) is 0.118. The molecule has 0 aliphatic rings. The molecule has 8 heteroatoms. The number of carboxylic acids is 1. The molecule has 0 saturated carbocycles. The van der Waals surface area contributed by atoms with Crippen molar-refractivity contribution < 1.29 is 9.90 Å². The first-order valence-electron chi connectivity index (χ1n) is 7.26. The van der Waals surface area contributed by atoms with Crippen LogP contribution in [0.3, 0.4) is 0 Å². The molecule has 0 bridgehead atoms. The summed E-state index contributed by atoms with van der Waals surface area (Å²) in [5.74, 6) is -1.18. The Morgan fingerprint density at radius 3 is 2.44 bits per heavy atom. The summed E-state index contributed by atoms with van der Waals surface area (Å²) in [5, 5.41) is 10.1. The first kappa shape index (κ1) is 17.3. The van der Waals surface area contributed by atoms with E-state index in [1.165, 1.54) is 6.07 Å². The number of para-hydroxylation sites is 1. The second-order valence-corrected chi connectivity index (χ2v) is 6.25. The standard InChI is InChI=1S/C17H12Cl2N2O4/c18-11-6-5-10(13(19)7-11)8-21-16(24)12-3-1-2-4-14(12)20(17(21)25)9-15(22)23/h1-7H,8-9H2,(H,22,23). The molecule has 2 aromatic carbocycles. The highest BCUT2D eigenvalue weighted by atomic mass is 35.5. The lowest BCUT2D eigenvalue weighted by molar-refractivity contribution is -0.137. The summed E-state index contributed by atoms with van der Waals surface area (Å²) in [7, 11) is 0. The van der Waals surface area contributed by atoms with Crippen LogP contribution in [-0.2, 0) is 17.9 Å². The number of rotatable bonds is 4. The number of aromatic nitrogens is 2. The highest BCUT2D eigenvalue weighted by molar-refractivity contribution is 6.35. The Kier molecular flexibility index (Phi) is 4.65. The zero-order chi connectivity index (χ0) is 18.1. The van der Waals surface area contributed by atoms with Gasteiger partial charge in [-0.2, -0.15) is 0 Å². The van der Waals surface area contributed by atoms with Gasteiger partial charge in [-0.25, -0.2) is 4.79 Å². The number of hydrogen-bond donors (Lipinski definition) is 1. The second-order valence-electron chi connectivity index (χ2n) is 5.41. The fourth-order valence-corrected chi connectivity index (χ4v) is 3.09. The summed E-state index contributed by atoms with van der Waals surface area (Å²) in [4.78, 5) is 36.5.